The maximum Gasteiger partial charge on any atom is 0.349 e. The smallest absolute Gasteiger partial charge is 0.349 e. The first kappa shape index (κ1) is 21.2. The molecule has 158 valence electrons. The molecule has 2 N–H and O–H groups in total. The van der Waals surface area contributed by atoms with Crippen LogP contribution in [0.25, 0.3) is 10.1 Å². The van der Waals surface area contributed by atoms with Crippen molar-refractivity contribution in [3.05, 3.63) is 76.0 Å². The fraction of sp³-hybridized carbons (Fsp3) is 0.0952. The molecule has 31 heavy (non-hydrogen) atoms. The Morgan fingerprint density at radius 1 is 1.23 bits per heavy atom. The first-order valence-electron chi connectivity index (χ1n) is 9.09. The number of anilines is 2. The van der Waals surface area contributed by atoms with Crippen molar-refractivity contribution in [2.45, 2.75) is 6.54 Å². The number of fused-ring (bicyclic) bond motifs is 1. The molecule has 2 aromatic heterocycles. The summed E-state index contributed by atoms with van der Waals surface area (Å²) in [5.41, 5.74) is 1.68. The Bertz CT molecular complexity index is 1270. The Labute approximate surface area is 191 Å². The summed E-state index contributed by atoms with van der Waals surface area (Å²) in [6.45, 7) is 0.514. The number of ether oxygens (including phenoxy) is 1. The molecule has 0 amide bonds. The maximum atomic E-state index is 13.0. The second-order valence-electron chi connectivity index (χ2n) is 6.55. The molecule has 0 saturated carbocycles. The number of carbonyl (C=O) groups is 1. The maximum absolute atomic E-state index is 13.0. The number of rotatable bonds is 5. The van der Waals surface area contributed by atoms with E-state index in [9.17, 15) is 9.18 Å². The average Bonchev–Trinajstić information content (AvgIpc) is 3.32. The molecule has 0 radical (unpaired) electrons. The van der Waals surface area contributed by atoms with Gasteiger partial charge in [-0.2, -0.15) is 5.10 Å². The van der Waals surface area contributed by atoms with Crippen LogP contribution in [0.4, 0.5) is 15.9 Å². The predicted molar refractivity (Wildman–Crippen MR) is 126 cm³/mol. The molecule has 0 aliphatic carbocycles. The quantitative estimate of drug-likeness (QED) is 0.292. The van der Waals surface area contributed by atoms with Crippen molar-refractivity contribution in [3.63, 3.8) is 0 Å². The van der Waals surface area contributed by atoms with Crippen LogP contribution in [-0.2, 0) is 11.3 Å². The third kappa shape index (κ3) is 4.84. The molecule has 0 fully saturated rings. The van der Waals surface area contributed by atoms with Gasteiger partial charge in [0, 0.05) is 28.0 Å². The first-order valence-corrected chi connectivity index (χ1v) is 10.7. The van der Waals surface area contributed by atoms with E-state index >= 15 is 0 Å². The van der Waals surface area contributed by atoms with E-state index < -0.39 is 5.97 Å². The van der Waals surface area contributed by atoms with Gasteiger partial charge in [0.1, 0.15) is 10.7 Å². The number of nitrogens with one attached hydrogen (secondary N) is 2. The molecular formula is C21H16ClFN4O2S2. The van der Waals surface area contributed by atoms with Gasteiger partial charge in [-0.25, -0.2) is 9.18 Å². The standard InChI is InChI=1S/C21H16ClFN4O2S2/c1-29-20(28)19-18(22)15-7-6-14(10-16(15)31-19)24-21(30)25-17-8-9-27(26-17)11-12-2-4-13(23)5-3-12/h2-10H,11H2,1H3,(H2,24,25,26,30). The van der Waals surface area contributed by atoms with E-state index in [0.29, 0.717) is 27.4 Å². The van der Waals surface area contributed by atoms with Crippen molar-refractivity contribution in [3.8, 4) is 0 Å². The number of thiophene rings is 1. The topological polar surface area (TPSA) is 68.2 Å². The lowest BCUT2D eigenvalue weighted by Gasteiger charge is -2.09. The molecule has 2 heterocycles. The Morgan fingerprint density at radius 2 is 2.00 bits per heavy atom. The summed E-state index contributed by atoms with van der Waals surface area (Å²) in [5, 5.41) is 12.1. The van der Waals surface area contributed by atoms with Gasteiger partial charge < -0.3 is 15.4 Å². The molecule has 10 heteroatoms. The van der Waals surface area contributed by atoms with E-state index in [1.165, 1.54) is 30.6 Å². The van der Waals surface area contributed by atoms with Crippen LogP contribution in [0, 0.1) is 5.82 Å². The fourth-order valence-electron chi connectivity index (χ4n) is 2.94. The Morgan fingerprint density at radius 3 is 2.74 bits per heavy atom. The number of nitrogens with zero attached hydrogens (tertiary/aromatic N) is 2. The zero-order valence-corrected chi connectivity index (χ0v) is 18.6. The van der Waals surface area contributed by atoms with Crippen molar-refractivity contribution >= 4 is 67.8 Å². The van der Waals surface area contributed by atoms with Crippen LogP contribution in [0.1, 0.15) is 15.2 Å². The molecule has 0 spiro atoms. The van der Waals surface area contributed by atoms with E-state index in [1.807, 2.05) is 24.4 Å². The summed E-state index contributed by atoms with van der Waals surface area (Å²) in [4.78, 5) is 12.2. The highest BCUT2D eigenvalue weighted by atomic mass is 35.5. The van der Waals surface area contributed by atoms with Gasteiger partial charge >= 0.3 is 5.97 Å². The molecule has 0 aliphatic rings. The van der Waals surface area contributed by atoms with Crippen molar-refractivity contribution in [2.24, 2.45) is 0 Å². The van der Waals surface area contributed by atoms with E-state index in [4.69, 9.17) is 28.6 Å². The monoisotopic (exact) mass is 474 g/mol. The molecule has 0 bridgehead atoms. The minimum atomic E-state index is -0.464. The number of halogens is 2. The van der Waals surface area contributed by atoms with Gasteiger partial charge in [0.25, 0.3) is 0 Å². The number of hydrogen-bond acceptors (Lipinski definition) is 5. The SMILES string of the molecule is COC(=O)c1sc2cc(NC(=S)Nc3ccn(Cc4ccc(F)cc4)n3)ccc2c1Cl. The van der Waals surface area contributed by atoms with Crippen molar-refractivity contribution in [1.29, 1.82) is 0 Å². The van der Waals surface area contributed by atoms with E-state index in [2.05, 4.69) is 15.7 Å². The summed E-state index contributed by atoms with van der Waals surface area (Å²) < 4.78 is 20.4. The lowest BCUT2D eigenvalue weighted by atomic mass is 10.2. The van der Waals surface area contributed by atoms with E-state index in [-0.39, 0.29) is 5.82 Å². The molecule has 0 aliphatic heterocycles. The molecular weight excluding hydrogens is 459 g/mol. The summed E-state index contributed by atoms with van der Waals surface area (Å²) in [6, 6.07) is 13.6. The van der Waals surface area contributed by atoms with Crippen LogP contribution in [0.3, 0.4) is 0 Å². The van der Waals surface area contributed by atoms with Gasteiger partial charge in [-0.05, 0) is 48.1 Å². The van der Waals surface area contributed by atoms with Gasteiger partial charge in [0.15, 0.2) is 10.9 Å². The van der Waals surface area contributed by atoms with Gasteiger partial charge in [0.05, 0.1) is 18.7 Å². The van der Waals surface area contributed by atoms with Crippen molar-refractivity contribution in [2.75, 3.05) is 17.7 Å². The van der Waals surface area contributed by atoms with Crippen LogP contribution in [0.5, 0.6) is 0 Å². The Balaban J connectivity index is 1.41. The number of aromatic nitrogens is 2. The van der Waals surface area contributed by atoms with Gasteiger partial charge in [-0.1, -0.05) is 23.7 Å². The lowest BCUT2D eigenvalue weighted by molar-refractivity contribution is 0.0606. The molecule has 0 unspecified atom stereocenters. The summed E-state index contributed by atoms with van der Waals surface area (Å²) in [7, 11) is 1.32. The Kier molecular flexibility index (Phi) is 6.17. The predicted octanol–water partition coefficient (Wildman–Crippen LogP) is 5.53. The molecule has 0 saturated heterocycles. The van der Waals surface area contributed by atoms with Crippen molar-refractivity contribution in [1.82, 2.24) is 9.78 Å². The molecule has 2 aromatic carbocycles. The van der Waals surface area contributed by atoms with E-state index in [0.717, 1.165) is 21.3 Å². The second kappa shape index (κ2) is 9.01. The molecule has 0 atom stereocenters. The van der Waals surface area contributed by atoms with Crippen molar-refractivity contribution < 1.29 is 13.9 Å². The van der Waals surface area contributed by atoms with E-state index in [1.54, 1.807) is 22.9 Å². The average molecular weight is 475 g/mol. The number of hydrogen-bond donors (Lipinski definition) is 2. The summed E-state index contributed by atoms with van der Waals surface area (Å²) in [5.74, 6) is -0.158. The third-order valence-corrected chi connectivity index (χ3v) is 6.24. The minimum Gasteiger partial charge on any atom is -0.465 e. The molecule has 4 aromatic rings. The highest BCUT2D eigenvalue weighted by molar-refractivity contribution is 7.80. The number of methoxy groups -OCH3 is 1. The minimum absolute atomic E-state index is 0.271. The summed E-state index contributed by atoms with van der Waals surface area (Å²) >= 11 is 12.9. The third-order valence-electron chi connectivity index (χ3n) is 4.40. The normalized spacial score (nSPS) is 10.8. The number of carbonyl (C=O) groups excluding carboxylic acids is 1. The highest BCUT2D eigenvalue weighted by Crippen LogP contribution is 2.37. The molecule has 6 nitrogen and oxygen atoms in total. The zero-order valence-electron chi connectivity index (χ0n) is 16.2. The Hall–Kier alpha value is -3.01. The summed E-state index contributed by atoms with van der Waals surface area (Å²) in [6.07, 6.45) is 1.81. The molecule has 4 rings (SSSR count). The first-order chi connectivity index (χ1) is 14.9. The zero-order chi connectivity index (χ0) is 22.0. The van der Waals surface area contributed by atoms with Crippen LogP contribution in [0.15, 0.2) is 54.7 Å². The van der Waals surface area contributed by atoms with Gasteiger partial charge in [0.2, 0.25) is 0 Å². The second-order valence-corrected chi connectivity index (χ2v) is 8.39. The highest BCUT2D eigenvalue weighted by Gasteiger charge is 2.17. The van der Waals surface area contributed by atoms with Gasteiger partial charge in [-0.3, -0.25) is 4.68 Å². The van der Waals surface area contributed by atoms with Crippen LogP contribution in [-0.4, -0.2) is 28.0 Å². The number of esters is 1. The van der Waals surface area contributed by atoms with Crippen LogP contribution < -0.4 is 10.6 Å². The van der Waals surface area contributed by atoms with Gasteiger partial charge in [-0.15, -0.1) is 11.3 Å². The van der Waals surface area contributed by atoms with Crippen LogP contribution >= 0.6 is 35.2 Å². The number of thiocarbonyl (C=S) groups is 1. The fourth-order valence-corrected chi connectivity index (χ4v) is 4.63. The lowest BCUT2D eigenvalue weighted by Crippen LogP contribution is -2.19. The largest absolute Gasteiger partial charge is 0.465 e. The van der Waals surface area contributed by atoms with Crippen LogP contribution in [0.2, 0.25) is 5.02 Å². The number of benzene rings is 2.